The largest absolute Gasteiger partial charge is 0.460 e. The van der Waals surface area contributed by atoms with Gasteiger partial charge in [0.25, 0.3) is 0 Å². The minimum atomic E-state index is -0.710. The number of nitro groups is 1. The van der Waals surface area contributed by atoms with Crippen molar-refractivity contribution in [3.05, 3.63) is 33.5 Å². The van der Waals surface area contributed by atoms with Crippen LogP contribution in [-0.4, -0.2) is 35.7 Å². The molecule has 8 heteroatoms. The van der Waals surface area contributed by atoms with Crippen LogP contribution in [0.2, 0.25) is 0 Å². The molecular weight excluding hydrogens is 230 g/mol. The van der Waals surface area contributed by atoms with E-state index in [1.54, 1.807) is 6.92 Å². The first-order chi connectivity index (χ1) is 8.13. The highest BCUT2D eigenvalue weighted by Gasteiger charge is 2.35. The Hall–Kier alpha value is -2.25. The summed E-state index contributed by atoms with van der Waals surface area (Å²) in [6, 6.07) is 0. The average molecular weight is 241 g/mol. The Labute approximate surface area is 96.6 Å². The van der Waals surface area contributed by atoms with Crippen molar-refractivity contribution in [2.24, 2.45) is 0 Å². The Morgan fingerprint density at radius 1 is 1.76 bits per heavy atom. The normalized spacial score (nSPS) is 17.9. The molecule has 0 aromatic rings. The van der Waals surface area contributed by atoms with E-state index in [0.29, 0.717) is 13.1 Å². The third kappa shape index (κ3) is 2.01. The number of ether oxygens (including phenoxy) is 1. The molecule has 1 fully saturated rings. The molecule has 0 aromatic carbocycles. The predicted octanol–water partition coefficient (Wildman–Crippen LogP) is -0.270. The lowest BCUT2D eigenvalue weighted by molar-refractivity contribution is -0.424. The minimum Gasteiger partial charge on any atom is -0.460 e. The van der Waals surface area contributed by atoms with Crippen LogP contribution in [0.5, 0.6) is 0 Å². The Bertz CT molecular complexity index is 428. The first-order valence-electron chi connectivity index (χ1n) is 5.10. The number of carbonyl (C=O) groups is 1. The smallest absolute Gasteiger partial charge is 0.377 e. The van der Waals surface area contributed by atoms with E-state index >= 15 is 0 Å². The SMILES string of the molecule is CCOC(=O)C1=CC([N+](=O)[O-])=C2NCCN2O1. The summed E-state index contributed by atoms with van der Waals surface area (Å²) in [4.78, 5) is 26.9. The quantitative estimate of drug-likeness (QED) is 0.413. The second-order valence-electron chi connectivity index (χ2n) is 3.34. The van der Waals surface area contributed by atoms with E-state index in [-0.39, 0.29) is 23.9 Å². The lowest BCUT2D eigenvalue weighted by atomic mass is 10.3. The second-order valence-corrected chi connectivity index (χ2v) is 3.34. The number of allylic oxidation sites excluding steroid dienone is 1. The fourth-order valence-corrected chi connectivity index (χ4v) is 1.56. The summed E-state index contributed by atoms with van der Waals surface area (Å²) in [5.41, 5.74) is -0.197. The lowest BCUT2D eigenvalue weighted by Crippen LogP contribution is -2.30. The van der Waals surface area contributed by atoms with E-state index in [1.807, 2.05) is 0 Å². The molecule has 2 aliphatic heterocycles. The van der Waals surface area contributed by atoms with Gasteiger partial charge >= 0.3 is 11.7 Å². The standard InChI is InChI=1S/C9H11N3O5/c1-2-16-9(13)7-5-6(12(14)15)8-10-3-4-11(8)17-7/h5,10H,2-4H2,1H3. The molecule has 1 saturated heterocycles. The van der Waals surface area contributed by atoms with E-state index in [0.717, 1.165) is 6.08 Å². The van der Waals surface area contributed by atoms with Crippen molar-refractivity contribution in [3.63, 3.8) is 0 Å². The zero-order valence-electron chi connectivity index (χ0n) is 9.13. The van der Waals surface area contributed by atoms with Crippen LogP contribution >= 0.6 is 0 Å². The number of hydrogen-bond acceptors (Lipinski definition) is 7. The molecule has 0 aromatic heterocycles. The first kappa shape index (κ1) is 11.2. The van der Waals surface area contributed by atoms with Crippen LogP contribution in [0.4, 0.5) is 0 Å². The molecule has 0 atom stereocenters. The number of nitrogens with zero attached hydrogens (tertiary/aromatic N) is 2. The summed E-state index contributed by atoms with van der Waals surface area (Å²) in [7, 11) is 0. The maximum atomic E-state index is 11.4. The number of rotatable bonds is 3. The number of esters is 1. The van der Waals surface area contributed by atoms with Crippen molar-refractivity contribution >= 4 is 5.97 Å². The molecule has 0 radical (unpaired) electrons. The summed E-state index contributed by atoms with van der Waals surface area (Å²) in [6.07, 6.45) is 1.07. The van der Waals surface area contributed by atoms with Crippen molar-refractivity contribution in [2.75, 3.05) is 19.7 Å². The van der Waals surface area contributed by atoms with E-state index < -0.39 is 10.9 Å². The lowest BCUT2D eigenvalue weighted by Gasteiger charge is -2.22. The molecule has 0 unspecified atom stereocenters. The van der Waals surface area contributed by atoms with E-state index in [9.17, 15) is 14.9 Å². The molecule has 92 valence electrons. The van der Waals surface area contributed by atoms with Gasteiger partial charge in [-0.2, -0.15) is 5.06 Å². The van der Waals surface area contributed by atoms with Gasteiger partial charge in [-0.3, -0.25) is 10.1 Å². The van der Waals surface area contributed by atoms with Crippen LogP contribution in [-0.2, 0) is 14.4 Å². The Morgan fingerprint density at radius 3 is 3.18 bits per heavy atom. The van der Waals surface area contributed by atoms with E-state index in [4.69, 9.17) is 9.57 Å². The van der Waals surface area contributed by atoms with E-state index in [2.05, 4.69) is 5.32 Å². The highest BCUT2D eigenvalue weighted by Crippen LogP contribution is 2.24. The van der Waals surface area contributed by atoms with Crippen LogP contribution in [0.15, 0.2) is 23.4 Å². The number of nitrogens with one attached hydrogen (secondary N) is 1. The second kappa shape index (κ2) is 4.32. The zero-order chi connectivity index (χ0) is 12.4. The van der Waals surface area contributed by atoms with Gasteiger partial charge in [-0.05, 0) is 6.92 Å². The number of fused-ring (bicyclic) bond motifs is 1. The van der Waals surface area contributed by atoms with Crippen molar-refractivity contribution in [2.45, 2.75) is 6.92 Å². The Morgan fingerprint density at radius 2 is 2.53 bits per heavy atom. The van der Waals surface area contributed by atoms with Crippen molar-refractivity contribution in [1.29, 1.82) is 0 Å². The molecule has 0 bridgehead atoms. The van der Waals surface area contributed by atoms with Gasteiger partial charge < -0.3 is 14.9 Å². The van der Waals surface area contributed by atoms with Gasteiger partial charge in [0.15, 0.2) is 0 Å². The van der Waals surface area contributed by atoms with Gasteiger partial charge in [-0.1, -0.05) is 0 Å². The molecule has 1 N–H and O–H groups in total. The topological polar surface area (TPSA) is 93.9 Å². The van der Waals surface area contributed by atoms with Crippen LogP contribution < -0.4 is 5.32 Å². The van der Waals surface area contributed by atoms with Gasteiger partial charge in [0.1, 0.15) is 0 Å². The van der Waals surface area contributed by atoms with Crippen LogP contribution in [0.1, 0.15) is 6.92 Å². The summed E-state index contributed by atoms with van der Waals surface area (Å²) in [5, 5.41) is 15.0. The molecular formula is C9H11N3O5. The summed E-state index contributed by atoms with van der Waals surface area (Å²) >= 11 is 0. The third-order valence-corrected chi connectivity index (χ3v) is 2.25. The molecule has 0 aliphatic carbocycles. The van der Waals surface area contributed by atoms with Crippen LogP contribution in [0.25, 0.3) is 0 Å². The molecule has 2 rings (SSSR count). The Kier molecular flexibility index (Phi) is 2.86. The van der Waals surface area contributed by atoms with Gasteiger partial charge in [0.2, 0.25) is 11.6 Å². The fraction of sp³-hybridized carbons (Fsp3) is 0.444. The van der Waals surface area contributed by atoms with Crippen LogP contribution in [0.3, 0.4) is 0 Å². The number of hydrogen-bond donors (Lipinski definition) is 1. The molecule has 0 amide bonds. The van der Waals surface area contributed by atoms with Gasteiger partial charge in [-0.25, -0.2) is 4.79 Å². The molecule has 2 heterocycles. The monoisotopic (exact) mass is 241 g/mol. The third-order valence-electron chi connectivity index (χ3n) is 2.25. The summed E-state index contributed by atoms with van der Waals surface area (Å²) < 4.78 is 4.73. The first-order valence-corrected chi connectivity index (χ1v) is 5.10. The zero-order valence-corrected chi connectivity index (χ0v) is 9.13. The van der Waals surface area contributed by atoms with Crippen LogP contribution in [0, 0.1) is 10.1 Å². The maximum absolute atomic E-state index is 11.4. The number of carbonyl (C=O) groups excluding carboxylic acids is 1. The molecule has 2 aliphatic rings. The minimum absolute atomic E-state index is 0.175. The van der Waals surface area contributed by atoms with E-state index in [1.165, 1.54) is 5.06 Å². The molecule has 0 saturated carbocycles. The molecule has 17 heavy (non-hydrogen) atoms. The van der Waals surface area contributed by atoms with Gasteiger partial charge in [0, 0.05) is 6.54 Å². The highest BCUT2D eigenvalue weighted by molar-refractivity contribution is 5.86. The summed E-state index contributed by atoms with van der Waals surface area (Å²) in [5.74, 6) is -0.619. The Balaban J connectivity index is 2.30. The average Bonchev–Trinajstić information content (AvgIpc) is 2.75. The molecule has 8 nitrogen and oxygen atoms in total. The maximum Gasteiger partial charge on any atom is 0.377 e. The number of hydroxylamine groups is 2. The van der Waals surface area contributed by atoms with Gasteiger partial charge in [0.05, 0.1) is 24.2 Å². The van der Waals surface area contributed by atoms with Crippen molar-refractivity contribution in [3.8, 4) is 0 Å². The summed E-state index contributed by atoms with van der Waals surface area (Å²) in [6.45, 7) is 2.79. The fourth-order valence-electron chi connectivity index (χ4n) is 1.56. The molecule has 0 spiro atoms. The predicted molar refractivity (Wildman–Crippen MR) is 54.5 cm³/mol. The highest BCUT2D eigenvalue weighted by atomic mass is 16.7. The van der Waals surface area contributed by atoms with Crippen molar-refractivity contribution in [1.82, 2.24) is 10.4 Å². The van der Waals surface area contributed by atoms with Gasteiger partial charge in [-0.15, -0.1) is 0 Å². The van der Waals surface area contributed by atoms with Crippen molar-refractivity contribution < 1.29 is 19.3 Å².